The lowest BCUT2D eigenvalue weighted by Crippen LogP contribution is -2.27. The zero-order valence-corrected chi connectivity index (χ0v) is 15.6. The largest absolute Gasteiger partial charge is 0.459 e. The molecule has 5 nitrogen and oxygen atoms in total. The van der Waals surface area contributed by atoms with Gasteiger partial charge in [0.2, 0.25) is 5.91 Å². The molecule has 2 aromatic carbocycles. The lowest BCUT2D eigenvalue weighted by molar-refractivity contribution is -0.126. The first kappa shape index (κ1) is 18.5. The number of nitrogens with zero attached hydrogens (tertiary/aromatic N) is 1. The van der Waals surface area contributed by atoms with Gasteiger partial charge in [-0.2, -0.15) is 0 Å². The van der Waals surface area contributed by atoms with Gasteiger partial charge in [-0.25, -0.2) is 0 Å². The van der Waals surface area contributed by atoms with Crippen molar-refractivity contribution in [2.75, 3.05) is 14.1 Å². The van der Waals surface area contributed by atoms with E-state index in [0.29, 0.717) is 5.56 Å². The fraction of sp³-hybridized carbons (Fsp3) is 0.182. The van der Waals surface area contributed by atoms with Gasteiger partial charge in [-0.15, -0.1) is 0 Å². The maximum Gasteiger partial charge on any atom is 0.251 e. The molecule has 27 heavy (non-hydrogen) atoms. The molecule has 2 amide bonds. The molecule has 5 heteroatoms. The van der Waals surface area contributed by atoms with E-state index in [2.05, 4.69) is 5.32 Å². The van der Waals surface area contributed by atoms with Crippen LogP contribution < -0.4 is 5.32 Å². The van der Waals surface area contributed by atoms with Crippen molar-refractivity contribution >= 4 is 28.9 Å². The van der Waals surface area contributed by atoms with E-state index in [1.54, 1.807) is 49.3 Å². The number of benzene rings is 2. The summed E-state index contributed by atoms with van der Waals surface area (Å²) in [5, 5.41) is 3.60. The number of furan rings is 1. The lowest BCUT2D eigenvalue weighted by Gasteiger charge is -2.21. The van der Waals surface area contributed by atoms with Crippen LogP contribution in [0.15, 0.2) is 65.1 Å². The molecular weight excluding hydrogens is 340 g/mol. The standard InChI is InChI=1S/C22H22N2O3/c1-15(20-14-18-6-4-5-7-19(18)27-20)24(3)21(25)13-10-16-8-11-17(12-9-16)22(26)23-2/h4-15H,1-3H3,(H,23,26)/b13-10+. The van der Waals surface area contributed by atoms with Crippen LogP contribution >= 0.6 is 0 Å². The second kappa shape index (κ2) is 7.91. The van der Waals surface area contributed by atoms with Gasteiger partial charge >= 0.3 is 0 Å². The van der Waals surface area contributed by atoms with E-state index in [-0.39, 0.29) is 17.9 Å². The van der Waals surface area contributed by atoms with E-state index < -0.39 is 0 Å². The summed E-state index contributed by atoms with van der Waals surface area (Å²) in [6, 6.07) is 16.6. The van der Waals surface area contributed by atoms with Crippen molar-refractivity contribution in [3.8, 4) is 0 Å². The number of amides is 2. The minimum Gasteiger partial charge on any atom is -0.459 e. The van der Waals surface area contributed by atoms with Crippen LogP contribution in [0.2, 0.25) is 0 Å². The normalized spacial score (nSPS) is 12.3. The molecule has 3 rings (SSSR count). The highest BCUT2D eigenvalue weighted by atomic mass is 16.3. The van der Waals surface area contributed by atoms with Gasteiger partial charge in [0.25, 0.3) is 5.91 Å². The Morgan fingerprint density at radius 1 is 1.11 bits per heavy atom. The number of rotatable bonds is 5. The second-order valence-corrected chi connectivity index (χ2v) is 6.35. The number of carbonyl (C=O) groups excluding carboxylic acids is 2. The van der Waals surface area contributed by atoms with E-state index in [9.17, 15) is 9.59 Å². The van der Waals surface area contributed by atoms with Crippen molar-refractivity contribution in [2.24, 2.45) is 0 Å². The van der Waals surface area contributed by atoms with Crippen LogP contribution in [0.5, 0.6) is 0 Å². The third-order valence-corrected chi connectivity index (χ3v) is 4.60. The van der Waals surface area contributed by atoms with Crippen molar-refractivity contribution < 1.29 is 14.0 Å². The topological polar surface area (TPSA) is 62.6 Å². The molecule has 0 saturated heterocycles. The van der Waals surface area contributed by atoms with E-state index >= 15 is 0 Å². The summed E-state index contributed by atoms with van der Waals surface area (Å²) in [6.07, 6.45) is 3.26. The molecule has 3 aromatic rings. The predicted molar refractivity (Wildman–Crippen MR) is 106 cm³/mol. The maximum atomic E-state index is 12.5. The molecule has 1 atom stereocenters. The van der Waals surface area contributed by atoms with Gasteiger partial charge in [0.15, 0.2) is 0 Å². The summed E-state index contributed by atoms with van der Waals surface area (Å²) in [5.74, 6) is 0.481. The molecular formula is C22H22N2O3. The Hall–Kier alpha value is -3.34. The van der Waals surface area contributed by atoms with E-state index in [1.807, 2.05) is 37.3 Å². The molecule has 1 N–H and O–H groups in total. The van der Waals surface area contributed by atoms with Gasteiger partial charge in [0.05, 0.1) is 6.04 Å². The third kappa shape index (κ3) is 4.08. The molecule has 138 valence electrons. The van der Waals surface area contributed by atoms with E-state index in [0.717, 1.165) is 22.3 Å². The Morgan fingerprint density at radius 2 is 1.81 bits per heavy atom. The number of likely N-dealkylation sites (N-methyl/N-ethyl adjacent to an activating group) is 1. The third-order valence-electron chi connectivity index (χ3n) is 4.60. The van der Waals surface area contributed by atoms with Crippen molar-refractivity contribution in [1.29, 1.82) is 0 Å². The highest BCUT2D eigenvalue weighted by Crippen LogP contribution is 2.26. The van der Waals surface area contributed by atoms with Crippen LogP contribution in [0.4, 0.5) is 0 Å². The van der Waals surface area contributed by atoms with Gasteiger partial charge in [0.1, 0.15) is 11.3 Å². The van der Waals surface area contributed by atoms with E-state index in [1.165, 1.54) is 6.08 Å². The monoisotopic (exact) mass is 362 g/mol. The number of para-hydroxylation sites is 1. The molecule has 0 radical (unpaired) electrons. The minimum atomic E-state index is -0.190. The highest BCUT2D eigenvalue weighted by molar-refractivity contribution is 5.95. The average molecular weight is 362 g/mol. The molecule has 1 unspecified atom stereocenters. The second-order valence-electron chi connectivity index (χ2n) is 6.35. The fourth-order valence-electron chi connectivity index (χ4n) is 2.77. The van der Waals surface area contributed by atoms with Crippen molar-refractivity contribution in [3.05, 3.63) is 77.6 Å². The maximum absolute atomic E-state index is 12.5. The number of fused-ring (bicyclic) bond motifs is 1. The van der Waals surface area contributed by atoms with E-state index in [4.69, 9.17) is 4.42 Å². The Bertz CT molecular complexity index is 953. The molecule has 0 aliphatic heterocycles. The minimum absolute atomic E-state index is 0.127. The molecule has 0 aliphatic carbocycles. The fourth-order valence-corrected chi connectivity index (χ4v) is 2.77. The average Bonchev–Trinajstić information content (AvgIpc) is 3.15. The quantitative estimate of drug-likeness (QED) is 0.697. The van der Waals surface area contributed by atoms with Crippen molar-refractivity contribution in [3.63, 3.8) is 0 Å². The molecule has 0 spiro atoms. The first-order chi connectivity index (χ1) is 13.0. The number of hydrogen-bond donors (Lipinski definition) is 1. The van der Waals surface area contributed by atoms with Crippen molar-refractivity contribution in [2.45, 2.75) is 13.0 Å². The summed E-state index contributed by atoms with van der Waals surface area (Å²) in [5.41, 5.74) is 2.24. The Kier molecular flexibility index (Phi) is 5.41. The smallest absolute Gasteiger partial charge is 0.251 e. The first-order valence-corrected chi connectivity index (χ1v) is 8.75. The summed E-state index contributed by atoms with van der Waals surface area (Å²) in [6.45, 7) is 1.93. The zero-order valence-electron chi connectivity index (χ0n) is 15.6. The molecule has 0 fully saturated rings. The summed E-state index contributed by atoms with van der Waals surface area (Å²) >= 11 is 0. The van der Waals surface area contributed by atoms with Gasteiger partial charge in [-0.3, -0.25) is 9.59 Å². The summed E-state index contributed by atoms with van der Waals surface area (Å²) in [7, 11) is 3.34. The number of hydrogen-bond acceptors (Lipinski definition) is 3. The zero-order chi connectivity index (χ0) is 19.4. The number of nitrogens with one attached hydrogen (secondary N) is 1. The van der Waals surface area contributed by atoms with Crippen LogP contribution in [0, 0.1) is 0 Å². The van der Waals surface area contributed by atoms with Crippen molar-refractivity contribution in [1.82, 2.24) is 10.2 Å². The van der Waals surface area contributed by atoms with Gasteiger partial charge in [-0.05, 0) is 42.8 Å². The predicted octanol–water partition coefficient (Wildman–Crippen LogP) is 4.03. The molecule has 0 saturated carbocycles. The van der Waals surface area contributed by atoms with Crippen LogP contribution in [0.1, 0.15) is 34.6 Å². The summed E-state index contributed by atoms with van der Waals surface area (Å²) in [4.78, 5) is 25.7. The van der Waals surface area contributed by atoms with Crippen LogP contribution in [-0.2, 0) is 4.79 Å². The van der Waals surface area contributed by atoms with Crippen LogP contribution in [-0.4, -0.2) is 30.8 Å². The van der Waals surface area contributed by atoms with Gasteiger partial charge in [0, 0.05) is 31.1 Å². The van der Waals surface area contributed by atoms with Crippen LogP contribution in [0.25, 0.3) is 17.0 Å². The molecule has 0 bridgehead atoms. The molecule has 1 heterocycles. The Labute approximate surface area is 158 Å². The van der Waals surface area contributed by atoms with Gasteiger partial charge < -0.3 is 14.6 Å². The lowest BCUT2D eigenvalue weighted by atomic mass is 10.1. The highest BCUT2D eigenvalue weighted by Gasteiger charge is 2.19. The van der Waals surface area contributed by atoms with Crippen LogP contribution in [0.3, 0.4) is 0 Å². The molecule has 0 aliphatic rings. The summed E-state index contributed by atoms with van der Waals surface area (Å²) < 4.78 is 5.85. The SMILES string of the molecule is CNC(=O)c1ccc(/C=C/C(=O)N(C)C(C)c2cc3ccccc3o2)cc1. The Morgan fingerprint density at radius 3 is 2.48 bits per heavy atom. The number of carbonyl (C=O) groups is 2. The molecule has 1 aromatic heterocycles. The van der Waals surface area contributed by atoms with Gasteiger partial charge in [-0.1, -0.05) is 30.3 Å². The first-order valence-electron chi connectivity index (χ1n) is 8.75. The Balaban J connectivity index is 1.69.